The lowest BCUT2D eigenvalue weighted by molar-refractivity contribution is -0.117. The molecule has 2 aromatic rings. The Morgan fingerprint density at radius 3 is 2.90 bits per heavy atom. The number of nitrogens with one attached hydrogen (secondary N) is 1. The van der Waals surface area contributed by atoms with Gasteiger partial charge < -0.3 is 5.32 Å². The predicted molar refractivity (Wildman–Crippen MR) is 78.1 cm³/mol. The Bertz CT molecular complexity index is 734. The van der Waals surface area contributed by atoms with Gasteiger partial charge in [-0.05, 0) is 37.5 Å². The van der Waals surface area contributed by atoms with Gasteiger partial charge in [0.1, 0.15) is 6.54 Å². The molecule has 3 rings (SSSR count). The van der Waals surface area contributed by atoms with Gasteiger partial charge in [0.25, 0.3) is 5.56 Å². The zero-order chi connectivity index (χ0) is 14.8. The summed E-state index contributed by atoms with van der Waals surface area (Å²) < 4.78 is 1.22. The normalized spacial score (nSPS) is 14.0. The molecule has 108 valence electrons. The van der Waals surface area contributed by atoms with E-state index in [4.69, 9.17) is 0 Å². The van der Waals surface area contributed by atoms with Crippen molar-refractivity contribution in [3.05, 3.63) is 52.2 Å². The fourth-order valence-electron chi connectivity index (χ4n) is 2.10. The number of anilines is 1. The van der Waals surface area contributed by atoms with Crippen LogP contribution in [-0.4, -0.2) is 20.7 Å². The summed E-state index contributed by atoms with van der Waals surface area (Å²) in [6.07, 6.45) is 5.46. The quantitative estimate of drug-likeness (QED) is 0.922. The van der Waals surface area contributed by atoms with Crippen LogP contribution < -0.4 is 10.9 Å². The summed E-state index contributed by atoms with van der Waals surface area (Å²) in [6, 6.07) is 5.04. The van der Waals surface area contributed by atoms with Crippen molar-refractivity contribution < 1.29 is 4.79 Å². The Morgan fingerprint density at radius 2 is 2.19 bits per heavy atom. The molecule has 6 nitrogen and oxygen atoms in total. The summed E-state index contributed by atoms with van der Waals surface area (Å²) in [6.45, 7) is 1.79. The second kappa shape index (κ2) is 5.47. The van der Waals surface area contributed by atoms with Crippen molar-refractivity contribution in [2.75, 3.05) is 5.32 Å². The highest BCUT2D eigenvalue weighted by Crippen LogP contribution is 2.38. The van der Waals surface area contributed by atoms with Gasteiger partial charge in [-0.2, -0.15) is 5.10 Å². The third kappa shape index (κ3) is 3.16. The summed E-state index contributed by atoms with van der Waals surface area (Å²) in [4.78, 5) is 27.8. The molecule has 0 atom stereocenters. The van der Waals surface area contributed by atoms with Crippen molar-refractivity contribution >= 4 is 11.6 Å². The molecule has 2 aromatic heterocycles. The smallest absolute Gasteiger partial charge is 0.267 e. The molecule has 1 N–H and O–H groups in total. The highest BCUT2D eigenvalue weighted by atomic mass is 16.2. The van der Waals surface area contributed by atoms with E-state index in [2.05, 4.69) is 15.4 Å². The van der Waals surface area contributed by atoms with Crippen molar-refractivity contribution in [3.8, 4) is 0 Å². The lowest BCUT2D eigenvalue weighted by Crippen LogP contribution is -2.29. The van der Waals surface area contributed by atoms with E-state index >= 15 is 0 Å². The Morgan fingerprint density at radius 1 is 1.38 bits per heavy atom. The number of hydrogen-bond donors (Lipinski definition) is 1. The van der Waals surface area contributed by atoms with Crippen LogP contribution >= 0.6 is 0 Å². The second-order valence-corrected chi connectivity index (χ2v) is 5.27. The summed E-state index contributed by atoms with van der Waals surface area (Å²) in [5.41, 5.74) is 2.19. The number of amides is 1. The highest BCUT2D eigenvalue weighted by molar-refractivity contribution is 5.91. The van der Waals surface area contributed by atoms with Crippen LogP contribution in [0.2, 0.25) is 0 Å². The SMILES string of the molecule is Cc1ccncc1NC(=O)Cn1nc(C2CC2)ccc1=O. The first-order valence-electron chi connectivity index (χ1n) is 6.92. The summed E-state index contributed by atoms with van der Waals surface area (Å²) in [5, 5.41) is 7.02. The Balaban J connectivity index is 1.74. The number of hydrogen-bond acceptors (Lipinski definition) is 4. The molecule has 21 heavy (non-hydrogen) atoms. The molecule has 0 bridgehead atoms. The minimum atomic E-state index is -0.284. The largest absolute Gasteiger partial charge is 0.323 e. The van der Waals surface area contributed by atoms with Crippen LogP contribution in [0.1, 0.15) is 30.0 Å². The van der Waals surface area contributed by atoms with Gasteiger partial charge in [-0.25, -0.2) is 4.68 Å². The van der Waals surface area contributed by atoms with Crippen molar-refractivity contribution in [2.24, 2.45) is 0 Å². The number of aromatic nitrogens is 3. The van der Waals surface area contributed by atoms with Crippen LogP contribution in [0.4, 0.5) is 5.69 Å². The molecule has 1 fully saturated rings. The molecule has 2 heterocycles. The lowest BCUT2D eigenvalue weighted by Gasteiger charge is -2.09. The van der Waals surface area contributed by atoms with Crippen LogP contribution in [0.15, 0.2) is 35.4 Å². The van der Waals surface area contributed by atoms with Gasteiger partial charge in [0.05, 0.1) is 17.6 Å². The molecule has 0 radical (unpaired) electrons. The van der Waals surface area contributed by atoms with E-state index < -0.39 is 0 Å². The maximum atomic E-state index is 12.0. The third-order valence-electron chi connectivity index (χ3n) is 3.49. The van der Waals surface area contributed by atoms with Crippen LogP contribution in [0.25, 0.3) is 0 Å². The van der Waals surface area contributed by atoms with Crippen LogP contribution in [0.3, 0.4) is 0 Å². The minimum Gasteiger partial charge on any atom is -0.323 e. The number of carbonyl (C=O) groups is 1. The first kappa shape index (κ1) is 13.5. The van der Waals surface area contributed by atoms with Crippen molar-refractivity contribution in [2.45, 2.75) is 32.2 Å². The van der Waals surface area contributed by atoms with Gasteiger partial charge in [-0.15, -0.1) is 0 Å². The molecular formula is C15H16N4O2. The monoisotopic (exact) mass is 284 g/mol. The van der Waals surface area contributed by atoms with Gasteiger partial charge in [-0.1, -0.05) is 0 Å². The third-order valence-corrected chi connectivity index (χ3v) is 3.49. The molecule has 1 aliphatic rings. The number of nitrogens with zero attached hydrogens (tertiary/aromatic N) is 3. The van der Waals surface area contributed by atoms with Crippen molar-refractivity contribution in [1.82, 2.24) is 14.8 Å². The van der Waals surface area contributed by atoms with Crippen molar-refractivity contribution in [1.29, 1.82) is 0 Å². The molecule has 1 aliphatic carbocycles. The van der Waals surface area contributed by atoms with Crippen LogP contribution in [-0.2, 0) is 11.3 Å². The van der Waals surface area contributed by atoms with E-state index in [0.717, 1.165) is 24.1 Å². The molecular weight excluding hydrogens is 268 g/mol. The number of aryl methyl sites for hydroxylation is 1. The zero-order valence-corrected chi connectivity index (χ0v) is 11.7. The van der Waals surface area contributed by atoms with E-state index in [0.29, 0.717) is 11.6 Å². The summed E-state index contributed by atoms with van der Waals surface area (Å²) in [5.74, 6) is 0.161. The fourth-order valence-corrected chi connectivity index (χ4v) is 2.10. The first-order valence-corrected chi connectivity index (χ1v) is 6.92. The Labute approximate surface area is 121 Å². The van der Waals surface area contributed by atoms with Crippen LogP contribution in [0, 0.1) is 6.92 Å². The Kier molecular flexibility index (Phi) is 3.51. The Hall–Kier alpha value is -2.50. The highest BCUT2D eigenvalue weighted by Gasteiger charge is 2.25. The molecule has 0 aliphatic heterocycles. The molecule has 0 spiro atoms. The molecule has 6 heteroatoms. The first-order chi connectivity index (χ1) is 10.1. The predicted octanol–water partition coefficient (Wildman–Crippen LogP) is 1.46. The maximum absolute atomic E-state index is 12.0. The van der Waals surface area contributed by atoms with Crippen LogP contribution in [0.5, 0.6) is 0 Å². The van der Waals surface area contributed by atoms with Gasteiger partial charge in [0.15, 0.2) is 0 Å². The van der Waals surface area contributed by atoms with Gasteiger partial charge in [0, 0.05) is 18.2 Å². The topological polar surface area (TPSA) is 76.9 Å². The molecule has 0 unspecified atom stereocenters. The van der Waals surface area contributed by atoms with Gasteiger partial charge >= 0.3 is 0 Å². The standard InChI is InChI=1S/C15H16N4O2/c1-10-6-7-16-8-13(10)17-14(20)9-19-15(21)5-4-12(18-19)11-2-3-11/h4-8,11H,2-3,9H2,1H3,(H,17,20). The van der Waals surface area contributed by atoms with Gasteiger partial charge in [-0.3, -0.25) is 14.6 Å². The lowest BCUT2D eigenvalue weighted by atomic mass is 10.2. The number of rotatable bonds is 4. The summed E-state index contributed by atoms with van der Waals surface area (Å²) in [7, 11) is 0. The molecule has 0 saturated heterocycles. The van der Waals surface area contributed by atoms with Crippen molar-refractivity contribution in [3.63, 3.8) is 0 Å². The number of pyridine rings is 1. The average molecular weight is 284 g/mol. The fraction of sp³-hybridized carbons (Fsp3) is 0.333. The molecule has 1 amide bonds. The van der Waals surface area contributed by atoms with E-state index in [-0.39, 0.29) is 18.0 Å². The molecule has 0 aromatic carbocycles. The minimum absolute atomic E-state index is 0.0896. The number of carbonyl (C=O) groups excluding carboxylic acids is 1. The average Bonchev–Trinajstić information content (AvgIpc) is 3.28. The molecule has 1 saturated carbocycles. The van der Waals surface area contributed by atoms with E-state index in [1.165, 1.54) is 10.7 Å². The van der Waals surface area contributed by atoms with E-state index in [1.54, 1.807) is 18.5 Å². The second-order valence-electron chi connectivity index (χ2n) is 5.27. The van der Waals surface area contributed by atoms with E-state index in [9.17, 15) is 9.59 Å². The summed E-state index contributed by atoms with van der Waals surface area (Å²) >= 11 is 0. The van der Waals surface area contributed by atoms with E-state index in [1.807, 2.05) is 13.0 Å². The van der Waals surface area contributed by atoms with Gasteiger partial charge in [0.2, 0.25) is 5.91 Å². The maximum Gasteiger partial charge on any atom is 0.267 e. The zero-order valence-electron chi connectivity index (χ0n) is 11.7.